The number of aryl methyl sites for hydroxylation is 1. The second-order valence-electron chi connectivity index (χ2n) is 6.94. The molecule has 4 N–H and O–H groups in total. The fraction of sp³-hybridized carbons (Fsp3) is 0.190. The first-order chi connectivity index (χ1) is 15.7. The molecule has 0 saturated heterocycles. The Kier molecular flexibility index (Phi) is 7.28. The van der Waals surface area contributed by atoms with Gasteiger partial charge in [0.1, 0.15) is 0 Å². The van der Waals surface area contributed by atoms with Crippen LogP contribution in [0.5, 0.6) is 0 Å². The number of benzene rings is 2. The summed E-state index contributed by atoms with van der Waals surface area (Å²) in [5.74, 6) is -7.32. The summed E-state index contributed by atoms with van der Waals surface area (Å²) in [4.78, 5) is 34.1. The van der Waals surface area contributed by atoms with E-state index < -0.39 is 35.4 Å². The van der Waals surface area contributed by atoms with Crippen molar-refractivity contribution in [3.63, 3.8) is 0 Å². The van der Waals surface area contributed by atoms with Crippen LogP contribution in [0, 0.1) is 17.6 Å². The largest absolute Gasteiger partial charge is 0.481 e. The van der Waals surface area contributed by atoms with E-state index in [-0.39, 0.29) is 24.0 Å². The molecule has 0 aliphatic heterocycles. The molecule has 12 heteroatoms. The summed E-state index contributed by atoms with van der Waals surface area (Å²) >= 11 is 0. The molecule has 10 nitrogen and oxygen atoms in total. The summed E-state index contributed by atoms with van der Waals surface area (Å²) in [5, 5.41) is 30.1. The van der Waals surface area contributed by atoms with Gasteiger partial charge < -0.3 is 25.3 Å². The van der Waals surface area contributed by atoms with Crippen molar-refractivity contribution in [2.45, 2.75) is 19.3 Å². The zero-order chi connectivity index (χ0) is 24.0. The lowest BCUT2D eigenvalue weighted by molar-refractivity contribution is -0.154. The Balaban J connectivity index is 1.53. The first-order valence-electron chi connectivity index (χ1n) is 9.64. The molecule has 0 bridgehead atoms. The van der Waals surface area contributed by atoms with Gasteiger partial charge in [0.2, 0.25) is 0 Å². The average Bonchev–Trinajstić information content (AvgIpc) is 3.23. The standard InChI is InChI=1S/C21H18F2N4O6/c22-15-9-8-13(10-16(15)23)25-21-27-26-18(33-21)17(28)24-12-6-4-11(5-7-12)2-1-3-14(19(29)30)20(31)32/h4-10,14H,1-3H2,(H,24,28)(H,25,27)(H,29,30)(H,31,32). The van der Waals surface area contributed by atoms with Crippen molar-refractivity contribution in [2.24, 2.45) is 5.92 Å². The van der Waals surface area contributed by atoms with Crippen molar-refractivity contribution < 1.29 is 37.8 Å². The van der Waals surface area contributed by atoms with Crippen LogP contribution in [0.2, 0.25) is 0 Å². The van der Waals surface area contributed by atoms with Crippen LogP contribution in [0.1, 0.15) is 29.1 Å². The van der Waals surface area contributed by atoms with Gasteiger partial charge in [-0.1, -0.05) is 17.2 Å². The second-order valence-corrected chi connectivity index (χ2v) is 6.94. The molecule has 3 rings (SSSR count). The molecule has 2 aromatic carbocycles. The molecule has 0 aliphatic rings. The number of amides is 1. The Morgan fingerprint density at radius 2 is 1.61 bits per heavy atom. The summed E-state index contributed by atoms with van der Waals surface area (Å²) < 4.78 is 31.4. The minimum atomic E-state index is -1.44. The van der Waals surface area contributed by atoms with Crippen LogP contribution >= 0.6 is 0 Å². The van der Waals surface area contributed by atoms with Gasteiger partial charge in [-0.2, -0.15) is 0 Å². The average molecular weight is 460 g/mol. The molecule has 172 valence electrons. The highest BCUT2D eigenvalue weighted by atomic mass is 19.2. The van der Waals surface area contributed by atoms with Gasteiger partial charge in [-0.3, -0.25) is 14.4 Å². The predicted molar refractivity (Wildman–Crippen MR) is 110 cm³/mol. The Hall–Kier alpha value is -4.35. The summed E-state index contributed by atoms with van der Waals surface area (Å²) in [5.41, 5.74) is 1.41. The number of halogens is 2. The fourth-order valence-electron chi connectivity index (χ4n) is 2.87. The van der Waals surface area contributed by atoms with Crippen molar-refractivity contribution in [1.29, 1.82) is 0 Å². The predicted octanol–water partition coefficient (Wildman–Crippen LogP) is 3.45. The molecule has 0 atom stereocenters. The molecule has 1 aromatic heterocycles. The van der Waals surface area contributed by atoms with Gasteiger partial charge in [-0.15, -0.1) is 5.10 Å². The van der Waals surface area contributed by atoms with Crippen LogP contribution in [0.15, 0.2) is 46.9 Å². The number of carbonyl (C=O) groups is 3. The third-order valence-electron chi connectivity index (χ3n) is 4.56. The zero-order valence-corrected chi connectivity index (χ0v) is 16.9. The summed E-state index contributed by atoms with van der Waals surface area (Å²) in [6.07, 6.45) is 0.833. The molecule has 0 fully saturated rings. The highest BCUT2D eigenvalue weighted by molar-refractivity contribution is 6.00. The number of hydrogen-bond acceptors (Lipinski definition) is 7. The first kappa shape index (κ1) is 23.3. The third-order valence-corrected chi connectivity index (χ3v) is 4.56. The Labute approximate surface area is 185 Å². The molecule has 3 aromatic rings. The van der Waals surface area contributed by atoms with E-state index in [4.69, 9.17) is 14.6 Å². The number of aliphatic carboxylic acids is 2. The molecule has 0 unspecified atom stereocenters. The maximum absolute atomic E-state index is 13.3. The van der Waals surface area contributed by atoms with Gasteiger partial charge in [-0.25, -0.2) is 8.78 Å². The molecule has 0 spiro atoms. The topological polar surface area (TPSA) is 155 Å². The lowest BCUT2D eigenvalue weighted by Crippen LogP contribution is -2.23. The fourth-order valence-corrected chi connectivity index (χ4v) is 2.87. The third kappa shape index (κ3) is 6.32. The van der Waals surface area contributed by atoms with E-state index in [1.165, 1.54) is 6.07 Å². The minimum absolute atomic E-state index is 0.00124. The van der Waals surface area contributed by atoms with E-state index in [0.717, 1.165) is 17.7 Å². The SMILES string of the molecule is O=C(Nc1ccc(CCCC(C(=O)O)C(=O)O)cc1)c1nnc(Nc2ccc(F)c(F)c2)o1. The Morgan fingerprint density at radius 1 is 0.939 bits per heavy atom. The number of hydrogen-bond donors (Lipinski definition) is 4. The summed E-state index contributed by atoms with van der Waals surface area (Å²) in [6, 6.07) is 9.50. The molecule has 0 aliphatic carbocycles. The van der Waals surface area contributed by atoms with Crippen LogP contribution in [0.25, 0.3) is 0 Å². The van der Waals surface area contributed by atoms with Gasteiger partial charge in [0, 0.05) is 17.4 Å². The maximum atomic E-state index is 13.3. The number of carbonyl (C=O) groups excluding carboxylic acids is 1. The van der Waals surface area contributed by atoms with Crippen LogP contribution in [0.3, 0.4) is 0 Å². The highest BCUT2D eigenvalue weighted by Gasteiger charge is 2.24. The van der Waals surface area contributed by atoms with Gasteiger partial charge in [0.15, 0.2) is 17.6 Å². The van der Waals surface area contributed by atoms with Crippen molar-refractivity contribution >= 4 is 35.2 Å². The van der Waals surface area contributed by atoms with Crippen LogP contribution in [-0.4, -0.2) is 38.3 Å². The first-order valence-corrected chi connectivity index (χ1v) is 9.64. The van der Waals surface area contributed by atoms with E-state index in [2.05, 4.69) is 20.8 Å². The number of anilines is 3. The molecule has 1 heterocycles. The maximum Gasteiger partial charge on any atom is 0.320 e. The number of nitrogens with zero attached hydrogens (tertiary/aromatic N) is 2. The lowest BCUT2D eigenvalue weighted by atomic mass is 9.99. The van der Waals surface area contributed by atoms with E-state index in [1.54, 1.807) is 24.3 Å². The zero-order valence-electron chi connectivity index (χ0n) is 16.9. The van der Waals surface area contributed by atoms with Crippen molar-refractivity contribution in [2.75, 3.05) is 10.6 Å². The number of aromatic nitrogens is 2. The smallest absolute Gasteiger partial charge is 0.320 e. The molecule has 0 saturated carbocycles. The normalized spacial score (nSPS) is 10.8. The molecular weight excluding hydrogens is 442 g/mol. The molecular formula is C21H18F2N4O6. The Bertz CT molecular complexity index is 1150. The Morgan fingerprint density at radius 3 is 2.24 bits per heavy atom. The molecule has 0 radical (unpaired) electrons. The number of carboxylic acid groups (broad SMARTS) is 2. The van der Waals surface area contributed by atoms with E-state index in [9.17, 15) is 23.2 Å². The van der Waals surface area contributed by atoms with E-state index in [0.29, 0.717) is 18.5 Å². The lowest BCUT2D eigenvalue weighted by Gasteiger charge is -2.08. The van der Waals surface area contributed by atoms with Gasteiger partial charge in [0.25, 0.3) is 0 Å². The second kappa shape index (κ2) is 10.3. The molecule has 1 amide bonds. The quantitative estimate of drug-likeness (QED) is 0.333. The number of rotatable bonds is 10. The van der Waals surface area contributed by atoms with Crippen LogP contribution in [-0.2, 0) is 16.0 Å². The minimum Gasteiger partial charge on any atom is -0.481 e. The summed E-state index contributed by atoms with van der Waals surface area (Å²) in [6.45, 7) is 0. The number of carboxylic acids is 2. The monoisotopic (exact) mass is 460 g/mol. The summed E-state index contributed by atoms with van der Waals surface area (Å²) in [7, 11) is 0. The van der Waals surface area contributed by atoms with E-state index >= 15 is 0 Å². The van der Waals surface area contributed by atoms with Crippen molar-refractivity contribution in [1.82, 2.24) is 10.2 Å². The highest BCUT2D eigenvalue weighted by Crippen LogP contribution is 2.19. The number of nitrogens with one attached hydrogen (secondary N) is 2. The van der Waals surface area contributed by atoms with Gasteiger partial charge >= 0.3 is 29.8 Å². The van der Waals surface area contributed by atoms with Crippen molar-refractivity contribution in [3.05, 3.63) is 65.6 Å². The van der Waals surface area contributed by atoms with Gasteiger partial charge in [0.05, 0.1) is 0 Å². The molecule has 33 heavy (non-hydrogen) atoms. The van der Waals surface area contributed by atoms with Gasteiger partial charge in [-0.05, 0) is 49.1 Å². The van der Waals surface area contributed by atoms with Crippen LogP contribution in [0.4, 0.5) is 26.2 Å². The van der Waals surface area contributed by atoms with Crippen molar-refractivity contribution in [3.8, 4) is 0 Å². The van der Waals surface area contributed by atoms with E-state index in [1.807, 2.05) is 0 Å². The van der Waals surface area contributed by atoms with Crippen LogP contribution < -0.4 is 10.6 Å².